The minimum atomic E-state index is -0.0996. The molecule has 1 N–H and O–H groups in total. The van der Waals surface area contributed by atoms with Crippen molar-refractivity contribution in [3.63, 3.8) is 0 Å². The maximum absolute atomic E-state index is 11.4. The van der Waals surface area contributed by atoms with Crippen LogP contribution in [0.3, 0.4) is 0 Å². The predicted octanol–water partition coefficient (Wildman–Crippen LogP) is 1.16. The van der Waals surface area contributed by atoms with E-state index in [0.717, 1.165) is 0 Å². The minimum Gasteiger partial charge on any atom is -0.379 e. The highest BCUT2D eigenvalue weighted by Gasteiger charge is 2.09. The van der Waals surface area contributed by atoms with Crippen LogP contribution in [0.15, 0.2) is 0 Å². The summed E-state index contributed by atoms with van der Waals surface area (Å²) >= 11 is 0. The van der Waals surface area contributed by atoms with E-state index in [2.05, 4.69) is 5.32 Å². The van der Waals surface area contributed by atoms with Crippen LogP contribution in [0.25, 0.3) is 0 Å². The third-order valence-electron chi connectivity index (χ3n) is 2.39. The number of carbonyl (C=O) groups excluding carboxylic acids is 2. The van der Waals surface area contributed by atoms with Crippen molar-refractivity contribution in [2.45, 2.75) is 33.6 Å². The maximum Gasteiger partial charge on any atom is 0.220 e. The summed E-state index contributed by atoms with van der Waals surface area (Å²) in [5.74, 6) is 0.0234. The number of hydrogen-bond donors (Lipinski definition) is 1. The number of ether oxygens (including phenoxy) is 2. The summed E-state index contributed by atoms with van der Waals surface area (Å²) in [6, 6.07) is 0. The summed E-state index contributed by atoms with van der Waals surface area (Å²) in [6.45, 7) is 8.35. The number of amides is 1. The normalized spacial score (nSPS) is 10.7. The van der Waals surface area contributed by atoms with Crippen molar-refractivity contribution in [1.82, 2.24) is 5.32 Å². The third-order valence-corrected chi connectivity index (χ3v) is 2.39. The van der Waals surface area contributed by atoms with Gasteiger partial charge in [0.2, 0.25) is 5.91 Å². The van der Waals surface area contributed by atoms with Crippen molar-refractivity contribution in [3.8, 4) is 0 Å². The van der Waals surface area contributed by atoms with E-state index in [1.165, 1.54) is 0 Å². The molecule has 0 radical (unpaired) electrons. The first-order chi connectivity index (χ1) is 8.57. The van der Waals surface area contributed by atoms with Crippen LogP contribution >= 0.6 is 0 Å². The van der Waals surface area contributed by atoms with E-state index >= 15 is 0 Å². The van der Waals surface area contributed by atoms with E-state index in [1.807, 2.05) is 20.8 Å². The number of ketones is 1. The fraction of sp³-hybridized carbons (Fsp3) is 0.846. The topological polar surface area (TPSA) is 64.6 Å². The summed E-state index contributed by atoms with van der Waals surface area (Å²) in [7, 11) is 0. The SMILES string of the molecule is CCOCCOCCNC(=O)CCC(=O)C(C)C. The van der Waals surface area contributed by atoms with Gasteiger partial charge in [0.1, 0.15) is 5.78 Å². The molecule has 0 fully saturated rings. The number of Topliss-reactive ketones (excluding diaryl/α,β-unsaturated/α-hetero) is 1. The van der Waals surface area contributed by atoms with Gasteiger partial charge < -0.3 is 14.8 Å². The Kier molecular flexibility index (Phi) is 10.6. The zero-order chi connectivity index (χ0) is 13.8. The molecule has 0 rings (SSSR count). The Labute approximate surface area is 109 Å². The lowest BCUT2D eigenvalue weighted by molar-refractivity contribution is -0.126. The fourth-order valence-electron chi connectivity index (χ4n) is 1.24. The largest absolute Gasteiger partial charge is 0.379 e. The highest BCUT2D eigenvalue weighted by molar-refractivity contribution is 5.85. The van der Waals surface area contributed by atoms with Gasteiger partial charge in [-0.15, -0.1) is 0 Å². The lowest BCUT2D eigenvalue weighted by atomic mass is 10.0. The predicted molar refractivity (Wildman–Crippen MR) is 69.4 cm³/mol. The average Bonchev–Trinajstić information content (AvgIpc) is 2.34. The summed E-state index contributed by atoms with van der Waals surface area (Å²) in [5, 5.41) is 2.71. The molecular formula is C13H25NO4. The van der Waals surface area contributed by atoms with E-state index in [0.29, 0.717) is 39.4 Å². The Balaban J connectivity index is 3.35. The summed E-state index contributed by atoms with van der Waals surface area (Å²) < 4.78 is 10.3. The number of rotatable bonds is 11. The van der Waals surface area contributed by atoms with Crippen LogP contribution in [0.2, 0.25) is 0 Å². The first-order valence-corrected chi connectivity index (χ1v) is 6.52. The Morgan fingerprint density at radius 1 is 1.06 bits per heavy atom. The molecule has 0 aliphatic carbocycles. The second kappa shape index (κ2) is 11.2. The highest BCUT2D eigenvalue weighted by Crippen LogP contribution is 2.01. The Bertz CT molecular complexity index is 241. The summed E-state index contributed by atoms with van der Waals surface area (Å²) in [5.41, 5.74) is 0. The monoisotopic (exact) mass is 259 g/mol. The molecule has 0 bridgehead atoms. The van der Waals surface area contributed by atoms with Crippen molar-refractivity contribution < 1.29 is 19.1 Å². The number of nitrogens with one attached hydrogen (secondary N) is 1. The van der Waals surface area contributed by atoms with Gasteiger partial charge in [0.15, 0.2) is 0 Å². The summed E-state index contributed by atoms with van der Waals surface area (Å²) in [6.07, 6.45) is 0.574. The molecule has 0 aromatic carbocycles. The van der Waals surface area contributed by atoms with E-state index < -0.39 is 0 Å². The van der Waals surface area contributed by atoms with E-state index in [4.69, 9.17) is 9.47 Å². The second-order valence-corrected chi connectivity index (χ2v) is 4.28. The molecule has 0 saturated heterocycles. The molecule has 1 amide bonds. The first kappa shape index (κ1) is 17.1. The molecule has 106 valence electrons. The molecule has 0 aromatic heterocycles. The van der Waals surface area contributed by atoms with Crippen molar-refractivity contribution in [1.29, 1.82) is 0 Å². The molecule has 5 heteroatoms. The Hall–Kier alpha value is -0.940. The van der Waals surface area contributed by atoms with Gasteiger partial charge in [-0.1, -0.05) is 13.8 Å². The zero-order valence-corrected chi connectivity index (χ0v) is 11.7. The van der Waals surface area contributed by atoms with Crippen molar-refractivity contribution in [3.05, 3.63) is 0 Å². The molecule has 5 nitrogen and oxygen atoms in total. The minimum absolute atomic E-state index is 0.000279. The molecule has 0 aliphatic heterocycles. The number of hydrogen-bond acceptors (Lipinski definition) is 4. The molecular weight excluding hydrogens is 234 g/mol. The second-order valence-electron chi connectivity index (χ2n) is 4.28. The van der Waals surface area contributed by atoms with Gasteiger partial charge in [-0.3, -0.25) is 9.59 Å². The first-order valence-electron chi connectivity index (χ1n) is 6.52. The van der Waals surface area contributed by atoms with Gasteiger partial charge in [0, 0.05) is 31.9 Å². The van der Waals surface area contributed by atoms with Crippen molar-refractivity contribution >= 4 is 11.7 Å². The van der Waals surface area contributed by atoms with Gasteiger partial charge in [0.25, 0.3) is 0 Å². The van der Waals surface area contributed by atoms with E-state index in [-0.39, 0.29) is 24.0 Å². The van der Waals surface area contributed by atoms with Gasteiger partial charge in [0.05, 0.1) is 19.8 Å². The molecule has 0 atom stereocenters. The fourth-order valence-corrected chi connectivity index (χ4v) is 1.24. The lowest BCUT2D eigenvalue weighted by Gasteiger charge is -2.07. The highest BCUT2D eigenvalue weighted by atomic mass is 16.5. The molecule has 0 saturated carbocycles. The van der Waals surface area contributed by atoms with E-state index in [1.54, 1.807) is 0 Å². The van der Waals surface area contributed by atoms with Gasteiger partial charge >= 0.3 is 0 Å². The van der Waals surface area contributed by atoms with Crippen LogP contribution in [0.1, 0.15) is 33.6 Å². The average molecular weight is 259 g/mol. The smallest absolute Gasteiger partial charge is 0.220 e. The Morgan fingerprint density at radius 3 is 2.33 bits per heavy atom. The van der Waals surface area contributed by atoms with Gasteiger partial charge in [-0.05, 0) is 6.92 Å². The lowest BCUT2D eigenvalue weighted by Crippen LogP contribution is -2.28. The third kappa shape index (κ3) is 10.2. The molecule has 18 heavy (non-hydrogen) atoms. The summed E-state index contributed by atoms with van der Waals surface area (Å²) in [4.78, 5) is 22.7. The quantitative estimate of drug-likeness (QED) is 0.566. The molecule has 0 aromatic rings. The maximum atomic E-state index is 11.4. The van der Waals surface area contributed by atoms with Crippen LogP contribution < -0.4 is 5.32 Å². The molecule has 0 aliphatic rings. The van der Waals surface area contributed by atoms with E-state index in [9.17, 15) is 9.59 Å². The van der Waals surface area contributed by atoms with Crippen LogP contribution in [-0.2, 0) is 19.1 Å². The zero-order valence-electron chi connectivity index (χ0n) is 11.7. The molecule has 0 heterocycles. The molecule has 0 unspecified atom stereocenters. The van der Waals surface area contributed by atoms with Crippen LogP contribution in [-0.4, -0.2) is 44.7 Å². The standard InChI is InChI=1S/C13H25NO4/c1-4-17-9-10-18-8-7-14-13(16)6-5-12(15)11(2)3/h11H,4-10H2,1-3H3,(H,14,16). The van der Waals surface area contributed by atoms with Crippen LogP contribution in [0, 0.1) is 5.92 Å². The molecule has 0 spiro atoms. The van der Waals surface area contributed by atoms with Crippen LogP contribution in [0.5, 0.6) is 0 Å². The van der Waals surface area contributed by atoms with Crippen LogP contribution in [0.4, 0.5) is 0 Å². The van der Waals surface area contributed by atoms with Gasteiger partial charge in [-0.25, -0.2) is 0 Å². The van der Waals surface area contributed by atoms with Crippen molar-refractivity contribution in [2.75, 3.05) is 33.0 Å². The van der Waals surface area contributed by atoms with Gasteiger partial charge in [-0.2, -0.15) is 0 Å². The van der Waals surface area contributed by atoms with Crippen molar-refractivity contribution in [2.24, 2.45) is 5.92 Å². The Morgan fingerprint density at radius 2 is 1.72 bits per heavy atom. The number of carbonyl (C=O) groups is 2.